The first-order chi connectivity index (χ1) is 7.99. The van der Waals surface area contributed by atoms with Crippen LogP contribution < -0.4 is 11.5 Å². The van der Waals surface area contributed by atoms with Crippen LogP contribution in [0, 0.1) is 12.7 Å². The number of halogens is 2. The number of rotatable bonds is 1. The van der Waals surface area contributed by atoms with E-state index >= 15 is 0 Å². The summed E-state index contributed by atoms with van der Waals surface area (Å²) < 4.78 is 13.0. The lowest BCUT2D eigenvalue weighted by Crippen LogP contribution is -2.04. The van der Waals surface area contributed by atoms with E-state index in [0.29, 0.717) is 16.8 Å². The topological polar surface area (TPSA) is 77.8 Å². The third kappa shape index (κ3) is 2.14. The van der Waals surface area contributed by atoms with Gasteiger partial charge in [-0.05, 0) is 25.1 Å². The molecular formula is C11H10ClFN4. The van der Waals surface area contributed by atoms with Crippen LogP contribution in [-0.4, -0.2) is 9.97 Å². The lowest BCUT2D eigenvalue weighted by molar-refractivity contribution is 0.628. The van der Waals surface area contributed by atoms with Crippen molar-refractivity contribution in [2.45, 2.75) is 6.92 Å². The van der Waals surface area contributed by atoms with Gasteiger partial charge in [-0.2, -0.15) is 4.98 Å². The highest BCUT2D eigenvalue weighted by atomic mass is 35.5. The smallest absolute Gasteiger partial charge is 0.222 e. The maximum absolute atomic E-state index is 13.0. The summed E-state index contributed by atoms with van der Waals surface area (Å²) in [5.74, 6) is -0.0863. The minimum Gasteiger partial charge on any atom is -0.383 e. The minimum atomic E-state index is -0.411. The second kappa shape index (κ2) is 4.18. The summed E-state index contributed by atoms with van der Waals surface area (Å²) >= 11 is 5.97. The predicted octanol–water partition coefficient (Wildman–Crippen LogP) is 2.41. The Bertz CT molecular complexity index is 563. The van der Waals surface area contributed by atoms with Gasteiger partial charge in [0.1, 0.15) is 11.6 Å². The molecule has 1 aromatic heterocycles. The Hall–Kier alpha value is -1.88. The molecule has 88 valence electrons. The summed E-state index contributed by atoms with van der Waals surface area (Å²) in [4.78, 5) is 7.87. The summed E-state index contributed by atoms with van der Waals surface area (Å²) in [6.45, 7) is 1.74. The van der Waals surface area contributed by atoms with Crippen molar-refractivity contribution in [3.8, 4) is 11.1 Å². The van der Waals surface area contributed by atoms with Crippen LogP contribution in [0.15, 0.2) is 18.2 Å². The van der Waals surface area contributed by atoms with Crippen molar-refractivity contribution in [1.29, 1.82) is 0 Å². The maximum atomic E-state index is 13.0. The molecule has 4 N–H and O–H groups in total. The van der Waals surface area contributed by atoms with Crippen LogP contribution in [-0.2, 0) is 0 Å². The molecule has 0 aliphatic heterocycles. The molecule has 0 fully saturated rings. The van der Waals surface area contributed by atoms with E-state index in [-0.39, 0.29) is 16.8 Å². The fourth-order valence-corrected chi connectivity index (χ4v) is 1.90. The van der Waals surface area contributed by atoms with Crippen molar-refractivity contribution in [3.05, 3.63) is 34.7 Å². The molecule has 0 radical (unpaired) electrons. The minimum absolute atomic E-state index is 0.0991. The summed E-state index contributed by atoms with van der Waals surface area (Å²) in [6, 6.07) is 4.05. The van der Waals surface area contributed by atoms with Gasteiger partial charge in [0, 0.05) is 11.1 Å². The molecule has 17 heavy (non-hydrogen) atoms. The van der Waals surface area contributed by atoms with E-state index in [4.69, 9.17) is 23.1 Å². The first kappa shape index (κ1) is 11.6. The van der Waals surface area contributed by atoms with Crippen LogP contribution in [0.1, 0.15) is 5.69 Å². The Labute approximate surface area is 102 Å². The number of nitrogen functional groups attached to an aromatic ring is 2. The summed E-state index contributed by atoms with van der Waals surface area (Å²) in [6.07, 6.45) is 0. The first-order valence-electron chi connectivity index (χ1n) is 4.84. The van der Waals surface area contributed by atoms with Gasteiger partial charge < -0.3 is 11.5 Å². The number of aryl methyl sites for hydroxylation is 1. The molecule has 0 saturated heterocycles. The normalized spacial score (nSPS) is 10.5. The second-order valence-corrected chi connectivity index (χ2v) is 3.96. The van der Waals surface area contributed by atoms with Crippen LogP contribution in [0.4, 0.5) is 16.2 Å². The Kier molecular flexibility index (Phi) is 2.85. The third-order valence-corrected chi connectivity index (χ3v) is 2.65. The zero-order chi connectivity index (χ0) is 12.6. The summed E-state index contributed by atoms with van der Waals surface area (Å²) in [5.41, 5.74) is 13.0. The third-order valence-electron chi connectivity index (χ3n) is 2.34. The van der Waals surface area contributed by atoms with Crippen LogP contribution in [0.25, 0.3) is 11.1 Å². The van der Waals surface area contributed by atoms with Crippen molar-refractivity contribution in [2.24, 2.45) is 0 Å². The Balaban J connectivity index is 2.68. The SMILES string of the molecule is Cc1nc(N)nc(N)c1-c1ccc(F)cc1Cl. The highest BCUT2D eigenvalue weighted by Gasteiger charge is 2.13. The van der Waals surface area contributed by atoms with Crippen LogP contribution in [0.2, 0.25) is 5.02 Å². The van der Waals surface area contributed by atoms with E-state index in [1.807, 2.05) is 0 Å². The van der Waals surface area contributed by atoms with Gasteiger partial charge >= 0.3 is 0 Å². The molecule has 1 heterocycles. The van der Waals surface area contributed by atoms with Gasteiger partial charge in [0.2, 0.25) is 5.95 Å². The van der Waals surface area contributed by atoms with E-state index in [2.05, 4.69) is 9.97 Å². The Morgan fingerprint density at radius 2 is 1.94 bits per heavy atom. The van der Waals surface area contributed by atoms with Crippen LogP contribution in [0.3, 0.4) is 0 Å². The number of nitrogens with two attached hydrogens (primary N) is 2. The maximum Gasteiger partial charge on any atom is 0.222 e. The Morgan fingerprint density at radius 1 is 1.24 bits per heavy atom. The zero-order valence-corrected chi connectivity index (χ0v) is 9.79. The molecule has 0 amide bonds. The summed E-state index contributed by atoms with van der Waals surface area (Å²) in [7, 11) is 0. The zero-order valence-electron chi connectivity index (χ0n) is 9.04. The van der Waals surface area contributed by atoms with Crippen molar-refractivity contribution < 1.29 is 4.39 Å². The molecule has 2 rings (SSSR count). The van der Waals surface area contributed by atoms with Crippen LogP contribution >= 0.6 is 11.6 Å². The molecule has 0 unspecified atom stereocenters. The fraction of sp³-hybridized carbons (Fsp3) is 0.0909. The molecule has 6 heteroatoms. The number of nitrogens with zero attached hydrogens (tertiary/aromatic N) is 2. The van der Waals surface area contributed by atoms with Gasteiger partial charge in [-0.25, -0.2) is 9.37 Å². The number of benzene rings is 1. The summed E-state index contributed by atoms with van der Waals surface area (Å²) in [5, 5.41) is 0.258. The van der Waals surface area contributed by atoms with Gasteiger partial charge in [-0.3, -0.25) is 0 Å². The van der Waals surface area contributed by atoms with Crippen molar-refractivity contribution in [3.63, 3.8) is 0 Å². The molecule has 2 aromatic rings. The Morgan fingerprint density at radius 3 is 2.53 bits per heavy atom. The number of hydrogen-bond donors (Lipinski definition) is 2. The van der Waals surface area contributed by atoms with Gasteiger partial charge in [-0.15, -0.1) is 0 Å². The largest absolute Gasteiger partial charge is 0.383 e. The number of hydrogen-bond acceptors (Lipinski definition) is 4. The first-order valence-corrected chi connectivity index (χ1v) is 5.22. The highest BCUT2D eigenvalue weighted by Crippen LogP contribution is 2.33. The molecular weight excluding hydrogens is 243 g/mol. The monoisotopic (exact) mass is 252 g/mol. The highest BCUT2D eigenvalue weighted by molar-refractivity contribution is 6.33. The van der Waals surface area contributed by atoms with Crippen molar-refractivity contribution >= 4 is 23.4 Å². The van der Waals surface area contributed by atoms with Gasteiger partial charge in [0.15, 0.2) is 0 Å². The van der Waals surface area contributed by atoms with E-state index in [9.17, 15) is 4.39 Å². The number of anilines is 2. The van der Waals surface area contributed by atoms with Crippen molar-refractivity contribution in [1.82, 2.24) is 9.97 Å². The molecule has 4 nitrogen and oxygen atoms in total. The molecule has 1 aromatic carbocycles. The molecule has 0 saturated carbocycles. The lowest BCUT2D eigenvalue weighted by atomic mass is 10.0. The fourth-order valence-electron chi connectivity index (χ4n) is 1.64. The molecule has 0 aliphatic rings. The van der Waals surface area contributed by atoms with E-state index in [1.165, 1.54) is 18.2 Å². The van der Waals surface area contributed by atoms with E-state index in [1.54, 1.807) is 6.92 Å². The van der Waals surface area contributed by atoms with E-state index < -0.39 is 5.82 Å². The predicted molar refractivity (Wildman–Crippen MR) is 66.0 cm³/mol. The van der Waals surface area contributed by atoms with Gasteiger partial charge in [0.25, 0.3) is 0 Å². The molecule has 0 bridgehead atoms. The standard InChI is InChI=1S/C11H10ClFN4/c1-5-9(10(14)17-11(15)16-5)7-3-2-6(13)4-8(7)12/h2-4H,1H3,(H4,14,15,16,17). The molecule has 0 atom stereocenters. The lowest BCUT2D eigenvalue weighted by Gasteiger charge is -2.10. The molecule has 0 spiro atoms. The average molecular weight is 253 g/mol. The average Bonchev–Trinajstić information content (AvgIpc) is 2.19. The van der Waals surface area contributed by atoms with E-state index in [0.717, 1.165) is 0 Å². The second-order valence-electron chi connectivity index (χ2n) is 3.55. The van der Waals surface area contributed by atoms with Gasteiger partial charge in [0.05, 0.1) is 10.7 Å². The molecule has 0 aliphatic carbocycles. The van der Waals surface area contributed by atoms with Gasteiger partial charge in [-0.1, -0.05) is 11.6 Å². The van der Waals surface area contributed by atoms with Crippen LogP contribution in [0.5, 0.6) is 0 Å². The number of aromatic nitrogens is 2. The quantitative estimate of drug-likeness (QED) is 0.817. The van der Waals surface area contributed by atoms with Crippen molar-refractivity contribution in [2.75, 3.05) is 11.5 Å².